The Hall–Kier alpha value is -2.71. The molecule has 0 aliphatic heterocycles. The van der Waals surface area contributed by atoms with Crippen LogP contribution in [0.5, 0.6) is 0 Å². The number of nitrogens with one attached hydrogen (secondary N) is 2. The first kappa shape index (κ1) is 19.6. The summed E-state index contributed by atoms with van der Waals surface area (Å²) in [6.07, 6.45) is 1.44. The van der Waals surface area contributed by atoms with E-state index in [9.17, 15) is 18.6 Å². The van der Waals surface area contributed by atoms with Crippen molar-refractivity contribution in [2.45, 2.75) is 4.90 Å². The highest BCUT2D eigenvalue weighted by atomic mass is 35.5. The molecule has 0 radical (unpaired) electrons. The van der Waals surface area contributed by atoms with Gasteiger partial charge in [0.05, 0.1) is 21.3 Å². The van der Waals surface area contributed by atoms with Gasteiger partial charge in [-0.05, 0) is 36.4 Å². The molecule has 1 atom stereocenters. The summed E-state index contributed by atoms with van der Waals surface area (Å²) in [5.41, 5.74) is 4.74. The molecule has 0 bridgehead atoms. The van der Waals surface area contributed by atoms with Crippen LogP contribution in [0.15, 0.2) is 53.4 Å². The van der Waals surface area contributed by atoms with E-state index < -0.39 is 35.2 Å². The van der Waals surface area contributed by atoms with Gasteiger partial charge in [0.15, 0.2) is 6.61 Å². The smallest absolute Gasteiger partial charge is 0.339 e. The maximum Gasteiger partial charge on any atom is 0.339 e. The van der Waals surface area contributed by atoms with Crippen LogP contribution in [0.4, 0.5) is 0 Å². The van der Waals surface area contributed by atoms with E-state index in [1.54, 1.807) is 18.2 Å². The summed E-state index contributed by atoms with van der Waals surface area (Å²) < 4.78 is 16.5. The molecule has 9 heteroatoms. The van der Waals surface area contributed by atoms with Gasteiger partial charge in [0, 0.05) is 16.8 Å². The van der Waals surface area contributed by atoms with E-state index in [1.165, 1.54) is 36.6 Å². The molecule has 0 aliphatic carbocycles. The lowest BCUT2D eigenvalue weighted by atomic mass is 10.2. The molecule has 0 aromatic heterocycles. The lowest BCUT2D eigenvalue weighted by molar-refractivity contribution is -0.125. The number of amides is 2. The fraction of sp³-hybridized carbons (Fsp3) is 0.118. The molecule has 2 aromatic rings. The molecule has 2 amide bonds. The van der Waals surface area contributed by atoms with E-state index >= 15 is 0 Å². The van der Waals surface area contributed by atoms with Gasteiger partial charge in [-0.15, -0.1) is 0 Å². The third-order valence-electron chi connectivity index (χ3n) is 3.17. The van der Waals surface area contributed by atoms with Crippen LogP contribution in [-0.4, -0.2) is 34.9 Å². The van der Waals surface area contributed by atoms with E-state index in [1.807, 2.05) is 0 Å². The van der Waals surface area contributed by atoms with Crippen LogP contribution >= 0.6 is 11.6 Å². The second kappa shape index (κ2) is 9.12. The Morgan fingerprint density at radius 2 is 1.69 bits per heavy atom. The maximum absolute atomic E-state index is 12.0. The third-order valence-corrected chi connectivity index (χ3v) is 4.40. The van der Waals surface area contributed by atoms with Gasteiger partial charge in [0.2, 0.25) is 0 Å². The minimum absolute atomic E-state index is 0.117. The lowest BCUT2D eigenvalue weighted by Crippen LogP contribution is -2.43. The van der Waals surface area contributed by atoms with Gasteiger partial charge in [-0.1, -0.05) is 23.7 Å². The van der Waals surface area contributed by atoms with Gasteiger partial charge >= 0.3 is 5.97 Å². The minimum atomic E-state index is -1.38. The Kier molecular flexibility index (Phi) is 6.88. The largest absolute Gasteiger partial charge is 0.452 e. The first-order valence-electron chi connectivity index (χ1n) is 7.33. The normalized spacial score (nSPS) is 11.3. The number of halogens is 1. The van der Waals surface area contributed by atoms with Gasteiger partial charge < -0.3 is 4.74 Å². The number of hydrogen-bond acceptors (Lipinski definition) is 5. The summed E-state index contributed by atoms with van der Waals surface area (Å²) in [4.78, 5) is 35.9. The number of carbonyl (C=O) groups excluding carboxylic acids is 3. The summed E-state index contributed by atoms with van der Waals surface area (Å²) in [6.45, 7) is -0.607. The summed E-state index contributed by atoms with van der Waals surface area (Å²) >= 11 is 5.73. The molecule has 0 heterocycles. The number of esters is 1. The molecular weight excluding hydrogens is 380 g/mol. The van der Waals surface area contributed by atoms with Gasteiger partial charge in [0.25, 0.3) is 11.8 Å². The maximum atomic E-state index is 12.0. The highest BCUT2D eigenvalue weighted by molar-refractivity contribution is 7.84. The van der Waals surface area contributed by atoms with Crippen molar-refractivity contribution in [3.63, 3.8) is 0 Å². The molecule has 0 unspecified atom stereocenters. The Labute approximate surface area is 157 Å². The summed E-state index contributed by atoms with van der Waals surface area (Å²) in [6, 6.07) is 12.3. The highest BCUT2D eigenvalue weighted by Gasteiger charge is 2.16. The van der Waals surface area contributed by atoms with Gasteiger partial charge in [-0.3, -0.25) is 24.6 Å². The second-order valence-electron chi connectivity index (χ2n) is 5.04. The van der Waals surface area contributed by atoms with Crippen LogP contribution in [0.1, 0.15) is 20.7 Å². The quantitative estimate of drug-likeness (QED) is 0.593. The summed E-state index contributed by atoms with van der Waals surface area (Å²) in [5, 5.41) is 0.478. The molecule has 0 spiro atoms. The first-order chi connectivity index (χ1) is 12.4. The van der Waals surface area contributed by atoms with E-state index in [4.69, 9.17) is 16.3 Å². The summed E-state index contributed by atoms with van der Waals surface area (Å²) in [7, 11) is -1.38. The van der Waals surface area contributed by atoms with Gasteiger partial charge in [-0.2, -0.15) is 0 Å². The van der Waals surface area contributed by atoms with E-state index in [0.29, 0.717) is 15.5 Å². The SMILES string of the molecule is C[S@@](=O)c1ccccc1C(=O)OCC(=O)NNC(=O)c1ccc(Cl)cc1. The minimum Gasteiger partial charge on any atom is -0.452 e. The van der Waals surface area contributed by atoms with Crippen molar-refractivity contribution in [2.75, 3.05) is 12.9 Å². The number of rotatable bonds is 5. The third kappa shape index (κ3) is 5.40. The topological polar surface area (TPSA) is 102 Å². The molecule has 0 saturated carbocycles. The van der Waals surface area contributed by atoms with Crippen LogP contribution in [0.2, 0.25) is 5.02 Å². The Balaban J connectivity index is 1.85. The molecule has 0 fully saturated rings. The predicted octanol–water partition coefficient (Wildman–Crippen LogP) is 1.70. The number of benzene rings is 2. The predicted molar refractivity (Wildman–Crippen MR) is 96.1 cm³/mol. The van der Waals surface area contributed by atoms with Crippen LogP contribution in [0.3, 0.4) is 0 Å². The first-order valence-corrected chi connectivity index (χ1v) is 9.26. The average Bonchev–Trinajstić information content (AvgIpc) is 2.64. The second-order valence-corrected chi connectivity index (χ2v) is 6.82. The molecule has 0 aliphatic rings. The van der Waals surface area contributed by atoms with Crippen molar-refractivity contribution in [1.29, 1.82) is 0 Å². The monoisotopic (exact) mass is 394 g/mol. The molecule has 136 valence electrons. The van der Waals surface area contributed by atoms with Crippen molar-refractivity contribution < 1.29 is 23.3 Å². The van der Waals surface area contributed by atoms with Gasteiger partial charge in [-0.25, -0.2) is 4.79 Å². The van der Waals surface area contributed by atoms with Crippen LogP contribution in [0.25, 0.3) is 0 Å². The molecule has 26 heavy (non-hydrogen) atoms. The van der Waals surface area contributed by atoms with Crippen molar-refractivity contribution in [2.24, 2.45) is 0 Å². The number of carbonyl (C=O) groups is 3. The van der Waals surface area contributed by atoms with E-state index in [0.717, 1.165) is 0 Å². The van der Waals surface area contributed by atoms with Crippen molar-refractivity contribution >= 4 is 40.2 Å². The Morgan fingerprint density at radius 1 is 1.04 bits per heavy atom. The lowest BCUT2D eigenvalue weighted by Gasteiger charge is -2.09. The zero-order valence-electron chi connectivity index (χ0n) is 13.7. The zero-order chi connectivity index (χ0) is 19.1. The van der Waals surface area contributed by atoms with Crippen molar-refractivity contribution in [3.8, 4) is 0 Å². The van der Waals surface area contributed by atoms with Crippen LogP contribution in [-0.2, 0) is 20.3 Å². The number of ether oxygens (including phenoxy) is 1. The fourth-order valence-electron chi connectivity index (χ4n) is 1.93. The van der Waals surface area contributed by atoms with E-state index in [2.05, 4.69) is 10.9 Å². The van der Waals surface area contributed by atoms with E-state index in [-0.39, 0.29) is 5.56 Å². The van der Waals surface area contributed by atoms with Crippen LogP contribution in [0, 0.1) is 0 Å². The molecule has 2 N–H and O–H groups in total. The molecule has 7 nitrogen and oxygen atoms in total. The number of hydrogen-bond donors (Lipinski definition) is 2. The van der Waals surface area contributed by atoms with Crippen molar-refractivity contribution in [3.05, 3.63) is 64.7 Å². The zero-order valence-corrected chi connectivity index (χ0v) is 15.2. The molecular formula is C17H15ClN2O5S. The Bertz CT molecular complexity index is 854. The van der Waals surface area contributed by atoms with Crippen molar-refractivity contribution in [1.82, 2.24) is 10.9 Å². The Morgan fingerprint density at radius 3 is 2.35 bits per heavy atom. The summed E-state index contributed by atoms with van der Waals surface area (Å²) in [5.74, 6) is -2.06. The molecule has 2 rings (SSSR count). The highest BCUT2D eigenvalue weighted by Crippen LogP contribution is 2.13. The van der Waals surface area contributed by atoms with Crippen LogP contribution < -0.4 is 10.9 Å². The fourth-order valence-corrected chi connectivity index (χ4v) is 2.79. The number of hydrazine groups is 1. The molecule has 0 saturated heterocycles. The van der Waals surface area contributed by atoms with Gasteiger partial charge in [0.1, 0.15) is 0 Å². The molecule has 2 aromatic carbocycles. The standard InChI is InChI=1S/C17H15ClN2O5S/c1-26(24)14-5-3-2-4-13(14)17(23)25-10-15(21)19-20-16(22)11-6-8-12(18)9-7-11/h2-9H,10H2,1H3,(H,19,21)(H,20,22)/t26-/m1/s1. The average molecular weight is 395 g/mol.